The SMILES string of the molecule is N#Cc1ccccc1-c1cnc(NS(=O)(=O)c2cccc(N)c2)nc1Oc1ccccc1. The van der Waals surface area contributed by atoms with Gasteiger partial charge >= 0.3 is 0 Å². The second-order valence-electron chi connectivity index (χ2n) is 6.66. The number of nitrogens with two attached hydrogens (primary N) is 1. The average molecular weight is 443 g/mol. The summed E-state index contributed by atoms with van der Waals surface area (Å²) in [5.74, 6) is 0.405. The highest BCUT2D eigenvalue weighted by molar-refractivity contribution is 7.92. The second-order valence-corrected chi connectivity index (χ2v) is 8.35. The van der Waals surface area contributed by atoms with Crippen LogP contribution >= 0.6 is 0 Å². The zero-order valence-electron chi connectivity index (χ0n) is 16.6. The highest BCUT2D eigenvalue weighted by Crippen LogP contribution is 2.34. The number of hydrogen-bond donors (Lipinski definition) is 2. The lowest BCUT2D eigenvalue weighted by Gasteiger charge is -2.13. The molecule has 0 bridgehead atoms. The molecule has 9 heteroatoms. The predicted octanol–water partition coefficient (Wildman–Crippen LogP) is 4.19. The van der Waals surface area contributed by atoms with Gasteiger partial charge in [0.15, 0.2) is 0 Å². The molecule has 0 saturated carbocycles. The Labute approximate surface area is 185 Å². The van der Waals surface area contributed by atoms with Crippen molar-refractivity contribution in [2.24, 2.45) is 0 Å². The van der Waals surface area contributed by atoms with Gasteiger partial charge in [0, 0.05) is 17.4 Å². The van der Waals surface area contributed by atoms with Gasteiger partial charge in [-0.15, -0.1) is 0 Å². The Hall–Kier alpha value is -4.42. The van der Waals surface area contributed by atoms with E-state index in [4.69, 9.17) is 10.5 Å². The Bertz CT molecular complexity index is 1420. The number of rotatable bonds is 6. The smallest absolute Gasteiger partial charge is 0.264 e. The quantitative estimate of drug-likeness (QED) is 0.427. The van der Waals surface area contributed by atoms with E-state index < -0.39 is 10.0 Å². The first-order chi connectivity index (χ1) is 15.5. The van der Waals surface area contributed by atoms with Gasteiger partial charge in [0.1, 0.15) is 5.75 Å². The molecule has 0 saturated heterocycles. The van der Waals surface area contributed by atoms with E-state index in [0.29, 0.717) is 28.1 Å². The summed E-state index contributed by atoms with van der Waals surface area (Å²) in [6.07, 6.45) is 1.42. The number of hydrogen-bond acceptors (Lipinski definition) is 7. The molecule has 32 heavy (non-hydrogen) atoms. The molecule has 0 aliphatic heterocycles. The minimum absolute atomic E-state index is 0.0227. The van der Waals surface area contributed by atoms with Gasteiger partial charge in [-0.3, -0.25) is 0 Å². The van der Waals surface area contributed by atoms with Gasteiger partial charge in [-0.05, 0) is 36.4 Å². The molecule has 158 valence electrons. The predicted molar refractivity (Wildman–Crippen MR) is 120 cm³/mol. The summed E-state index contributed by atoms with van der Waals surface area (Å²) in [7, 11) is -3.98. The summed E-state index contributed by atoms with van der Waals surface area (Å²) in [4.78, 5) is 8.41. The molecule has 4 rings (SSSR count). The summed E-state index contributed by atoms with van der Waals surface area (Å²) in [6.45, 7) is 0. The number of ether oxygens (including phenoxy) is 1. The number of benzene rings is 3. The molecule has 1 heterocycles. The molecule has 0 radical (unpaired) electrons. The molecule has 3 N–H and O–H groups in total. The van der Waals surface area contributed by atoms with Crippen LogP contribution in [0, 0.1) is 11.3 Å². The van der Waals surface area contributed by atoms with Crippen molar-refractivity contribution < 1.29 is 13.2 Å². The summed E-state index contributed by atoms with van der Waals surface area (Å²) in [5, 5.41) is 9.48. The van der Waals surface area contributed by atoms with E-state index in [-0.39, 0.29) is 16.7 Å². The van der Waals surface area contributed by atoms with E-state index in [1.807, 2.05) is 6.07 Å². The normalized spacial score (nSPS) is 10.8. The number of nitrogens with zero attached hydrogens (tertiary/aromatic N) is 3. The maximum atomic E-state index is 12.7. The zero-order chi connectivity index (χ0) is 22.6. The highest BCUT2D eigenvalue weighted by atomic mass is 32.2. The summed E-state index contributed by atoms with van der Waals surface area (Å²) in [5.41, 5.74) is 7.42. The first-order valence-corrected chi connectivity index (χ1v) is 10.9. The Morgan fingerprint density at radius 2 is 1.69 bits per heavy atom. The first-order valence-electron chi connectivity index (χ1n) is 9.44. The van der Waals surface area contributed by atoms with Gasteiger partial charge < -0.3 is 10.5 Å². The number of nitrogens with one attached hydrogen (secondary N) is 1. The van der Waals surface area contributed by atoms with Crippen LogP contribution in [0.1, 0.15) is 5.56 Å². The van der Waals surface area contributed by atoms with Gasteiger partial charge in [-0.25, -0.2) is 18.1 Å². The number of para-hydroxylation sites is 1. The topological polar surface area (TPSA) is 131 Å². The number of aromatic nitrogens is 2. The monoisotopic (exact) mass is 443 g/mol. The van der Waals surface area contributed by atoms with Crippen molar-refractivity contribution in [2.75, 3.05) is 10.5 Å². The Morgan fingerprint density at radius 3 is 2.44 bits per heavy atom. The molecule has 0 fully saturated rings. The fourth-order valence-corrected chi connectivity index (χ4v) is 3.96. The minimum Gasteiger partial charge on any atom is -0.438 e. The number of sulfonamides is 1. The molecule has 4 aromatic rings. The second kappa shape index (κ2) is 8.75. The molecule has 8 nitrogen and oxygen atoms in total. The number of nitriles is 1. The fourth-order valence-electron chi connectivity index (χ4n) is 2.95. The van der Waals surface area contributed by atoms with Gasteiger partial charge in [-0.2, -0.15) is 10.2 Å². The standard InChI is InChI=1S/C23H17N5O3S/c24-14-16-7-4-5-12-20(16)21-15-26-23(27-22(21)31-18-9-2-1-3-10-18)28-32(29,30)19-11-6-8-17(25)13-19/h1-13,15H,25H2,(H,26,27,28). The molecular weight excluding hydrogens is 426 g/mol. The molecule has 3 aromatic carbocycles. The molecule has 0 aliphatic rings. The van der Waals surface area contributed by atoms with Crippen LogP contribution in [0.2, 0.25) is 0 Å². The maximum absolute atomic E-state index is 12.7. The van der Waals surface area contributed by atoms with Crippen LogP contribution in [0.5, 0.6) is 11.6 Å². The van der Waals surface area contributed by atoms with E-state index >= 15 is 0 Å². The van der Waals surface area contributed by atoms with Crippen LogP contribution in [0.15, 0.2) is 90.0 Å². The molecule has 1 aromatic heterocycles. The van der Waals surface area contributed by atoms with E-state index in [2.05, 4.69) is 20.8 Å². The van der Waals surface area contributed by atoms with E-state index in [1.165, 1.54) is 24.4 Å². The van der Waals surface area contributed by atoms with E-state index in [9.17, 15) is 13.7 Å². The zero-order valence-corrected chi connectivity index (χ0v) is 17.5. The fraction of sp³-hybridized carbons (Fsp3) is 0. The van der Waals surface area contributed by atoms with E-state index in [0.717, 1.165) is 0 Å². The third-order valence-corrected chi connectivity index (χ3v) is 5.77. The first kappa shape index (κ1) is 20.8. The van der Waals surface area contributed by atoms with Crippen LogP contribution in [0.25, 0.3) is 11.1 Å². The lowest BCUT2D eigenvalue weighted by atomic mass is 10.0. The summed E-state index contributed by atoms with van der Waals surface area (Å²) in [6, 6.07) is 23.8. The molecule has 0 atom stereocenters. The molecule has 0 unspecified atom stereocenters. The van der Waals surface area contributed by atoms with Gasteiger partial charge in [0.2, 0.25) is 11.8 Å². The van der Waals surface area contributed by atoms with Crippen LogP contribution in [-0.4, -0.2) is 18.4 Å². The van der Waals surface area contributed by atoms with Gasteiger partial charge in [-0.1, -0.05) is 42.5 Å². The average Bonchev–Trinajstić information content (AvgIpc) is 2.80. The molecule has 0 amide bonds. The van der Waals surface area contributed by atoms with Crippen LogP contribution in [0.4, 0.5) is 11.6 Å². The van der Waals surface area contributed by atoms with Crippen LogP contribution < -0.4 is 15.2 Å². The van der Waals surface area contributed by atoms with Gasteiger partial charge in [0.25, 0.3) is 10.0 Å². The van der Waals surface area contributed by atoms with Crippen LogP contribution in [0.3, 0.4) is 0 Å². The summed E-state index contributed by atoms with van der Waals surface area (Å²) < 4.78 is 33.8. The number of anilines is 2. The molecular formula is C23H17N5O3S. The number of nitrogen functional groups attached to an aromatic ring is 1. The third kappa shape index (κ3) is 4.50. The largest absolute Gasteiger partial charge is 0.438 e. The lowest BCUT2D eigenvalue weighted by Crippen LogP contribution is -2.15. The third-order valence-electron chi connectivity index (χ3n) is 4.44. The van der Waals surface area contributed by atoms with Crippen molar-refractivity contribution in [2.45, 2.75) is 4.90 Å². The minimum atomic E-state index is -3.98. The van der Waals surface area contributed by atoms with E-state index in [1.54, 1.807) is 54.6 Å². The van der Waals surface area contributed by atoms with Crippen molar-refractivity contribution in [1.82, 2.24) is 9.97 Å². The Balaban J connectivity index is 1.77. The van der Waals surface area contributed by atoms with Crippen molar-refractivity contribution in [3.63, 3.8) is 0 Å². The van der Waals surface area contributed by atoms with Crippen LogP contribution in [-0.2, 0) is 10.0 Å². The van der Waals surface area contributed by atoms with Crippen molar-refractivity contribution in [3.05, 3.63) is 90.6 Å². The summed E-state index contributed by atoms with van der Waals surface area (Å²) >= 11 is 0. The maximum Gasteiger partial charge on any atom is 0.264 e. The van der Waals surface area contributed by atoms with Crippen molar-refractivity contribution in [1.29, 1.82) is 5.26 Å². The Morgan fingerprint density at radius 1 is 0.938 bits per heavy atom. The van der Waals surface area contributed by atoms with Crippen molar-refractivity contribution >= 4 is 21.7 Å². The highest BCUT2D eigenvalue weighted by Gasteiger charge is 2.19. The molecule has 0 spiro atoms. The Kier molecular flexibility index (Phi) is 5.70. The lowest BCUT2D eigenvalue weighted by molar-refractivity contribution is 0.464. The molecule has 0 aliphatic carbocycles. The van der Waals surface area contributed by atoms with Crippen molar-refractivity contribution in [3.8, 4) is 28.8 Å². The van der Waals surface area contributed by atoms with Gasteiger partial charge in [0.05, 0.1) is 22.1 Å².